The van der Waals surface area contributed by atoms with E-state index < -0.39 is 0 Å². The number of nitrogen functional groups attached to an aromatic ring is 1. The van der Waals surface area contributed by atoms with E-state index in [1.165, 1.54) is 0 Å². The van der Waals surface area contributed by atoms with Gasteiger partial charge in [0, 0.05) is 21.8 Å². The van der Waals surface area contributed by atoms with Crippen LogP contribution in [-0.4, -0.2) is 9.97 Å². The molecule has 0 saturated carbocycles. The highest BCUT2D eigenvalue weighted by atomic mass is 79.9. The molecule has 1 aromatic carbocycles. The molecule has 5 nitrogen and oxygen atoms in total. The summed E-state index contributed by atoms with van der Waals surface area (Å²) in [5.74, 6) is 6.12. The Bertz CT molecular complexity index is 547. The average Bonchev–Trinajstić information content (AvgIpc) is 2.37. The molecule has 0 unspecified atom stereocenters. The van der Waals surface area contributed by atoms with Gasteiger partial charge in [0.25, 0.3) is 0 Å². The SMILES string of the molecule is Cc1cc(OCc2ccccc2Br)nc(NN)n1. The molecule has 2 rings (SSSR count). The minimum atomic E-state index is 0.345. The molecule has 0 fully saturated rings. The van der Waals surface area contributed by atoms with E-state index >= 15 is 0 Å². The Balaban J connectivity index is 2.11. The minimum Gasteiger partial charge on any atom is -0.473 e. The zero-order chi connectivity index (χ0) is 13.0. The number of rotatable bonds is 4. The summed E-state index contributed by atoms with van der Waals surface area (Å²) in [6.07, 6.45) is 0. The molecule has 0 amide bonds. The number of ether oxygens (including phenoxy) is 1. The standard InChI is InChI=1S/C12H13BrN4O/c1-8-6-11(16-12(15-8)17-14)18-7-9-4-2-3-5-10(9)13/h2-6H,7,14H2,1H3,(H,15,16,17). The lowest BCUT2D eigenvalue weighted by molar-refractivity contribution is 0.293. The molecule has 0 atom stereocenters. The fourth-order valence-electron chi connectivity index (χ4n) is 1.45. The first-order chi connectivity index (χ1) is 8.69. The Kier molecular flexibility index (Phi) is 4.11. The summed E-state index contributed by atoms with van der Waals surface area (Å²) in [7, 11) is 0. The van der Waals surface area contributed by atoms with E-state index in [0.29, 0.717) is 18.4 Å². The highest BCUT2D eigenvalue weighted by Crippen LogP contribution is 2.18. The number of benzene rings is 1. The average molecular weight is 309 g/mol. The van der Waals surface area contributed by atoms with Crippen molar-refractivity contribution in [1.82, 2.24) is 9.97 Å². The molecule has 1 heterocycles. The van der Waals surface area contributed by atoms with Gasteiger partial charge < -0.3 is 4.74 Å². The molecule has 0 aliphatic carbocycles. The lowest BCUT2D eigenvalue weighted by Crippen LogP contribution is -2.11. The quantitative estimate of drug-likeness (QED) is 0.670. The van der Waals surface area contributed by atoms with Gasteiger partial charge in [0.05, 0.1) is 0 Å². The van der Waals surface area contributed by atoms with Gasteiger partial charge in [0.1, 0.15) is 6.61 Å². The molecule has 0 saturated heterocycles. The van der Waals surface area contributed by atoms with Crippen molar-refractivity contribution in [1.29, 1.82) is 0 Å². The summed E-state index contributed by atoms with van der Waals surface area (Å²) in [5, 5.41) is 0. The maximum atomic E-state index is 5.62. The van der Waals surface area contributed by atoms with Crippen molar-refractivity contribution < 1.29 is 4.74 Å². The molecule has 2 aromatic rings. The highest BCUT2D eigenvalue weighted by molar-refractivity contribution is 9.10. The fourth-order valence-corrected chi connectivity index (χ4v) is 1.84. The second-order valence-electron chi connectivity index (χ2n) is 3.70. The zero-order valence-corrected chi connectivity index (χ0v) is 11.4. The molecule has 6 heteroatoms. The van der Waals surface area contributed by atoms with Crippen LogP contribution in [0.5, 0.6) is 5.88 Å². The summed E-state index contributed by atoms with van der Waals surface area (Å²) in [4.78, 5) is 8.20. The lowest BCUT2D eigenvalue weighted by Gasteiger charge is -2.08. The van der Waals surface area contributed by atoms with Crippen molar-refractivity contribution >= 4 is 21.9 Å². The normalized spacial score (nSPS) is 10.2. The predicted molar refractivity (Wildman–Crippen MR) is 73.1 cm³/mol. The van der Waals surface area contributed by atoms with Crippen LogP contribution in [0.3, 0.4) is 0 Å². The number of nitrogens with one attached hydrogen (secondary N) is 1. The Morgan fingerprint density at radius 3 is 2.83 bits per heavy atom. The van der Waals surface area contributed by atoms with E-state index in [1.54, 1.807) is 6.07 Å². The largest absolute Gasteiger partial charge is 0.473 e. The first-order valence-corrected chi connectivity index (χ1v) is 6.17. The molecule has 0 radical (unpaired) electrons. The van der Waals surface area contributed by atoms with E-state index in [1.807, 2.05) is 31.2 Å². The summed E-state index contributed by atoms with van der Waals surface area (Å²) >= 11 is 3.47. The van der Waals surface area contributed by atoms with Crippen molar-refractivity contribution in [3.05, 3.63) is 46.1 Å². The molecule has 94 valence electrons. The van der Waals surface area contributed by atoms with Crippen LogP contribution in [-0.2, 0) is 6.61 Å². The number of aromatic nitrogens is 2. The third kappa shape index (κ3) is 3.18. The van der Waals surface area contributed by atoms with Crippen molar-refractivity contribution in [3.8, 4) is 5.88 Å². The second kappa shape index (κ2) is 5.79. The number of halogens is 1. The molecular weight excluding hydrogens is 296 g/mol. The number of aryl methyl sites for hydroxylation is 1. The predicted octanol–water partition coefficient (Wildman–Crippen LogP) is 2.41. The molecule has 0 aliphatic rings. The smallest absolute Gasteiger partial charge is 0.240 e. The number of hydrazine groups is 1. The van der Waals surface area contributed by atoms with E-state index in [0.717, 1.165) is 15.7 Å². The Hall–Kier alpha value is -1.66. The third-order valence-corrected chi connectivity index (χ3v) is 3.07. The third-order valence-electron chi connectivity index (χ3n) is 2.29. The van der Waals surface area contributed by atoms with E-state index in [4.69, 9.17) is 10.6 Å². The van der Waals surface area contributed by atoms with Gasteiger partial charge in [-0.1, -0.05) is 34.1 Å². The number of hydrogen-bond donors (Lipinski definition) is 2. The van der Waals surface area contributed by atoms with Crippen LogP contribution in [0.4, 0.5) is 5.95 Å². The summed E-state index contributed by atoms with van der Waals surface area (Å²) in [5.41, 5.74) is 4.25. The van der Waals surface area contributed by atoms with Crippen LogP contribution < -0.4 is 16.0 Å². The van der Waals surface area contributed by atoms with Gasteiger partial charge in [-0.3, -0.25) is 5.43 Å². The minimum absolute atomic E-state index is 0.345. The number of nitrogens with zero attached hydrogens (tertiary/aromatic N) is 2. The van der Waals surface area contributed by atoms with Gasteiger partial charge in [0.15, 0.2) is 0 Å². The topological polar surface area (TPSA) is 73.1 Å². The first-order valence-electron chi connectivity index (χ1n) is 5.37. The molecule has 0 spiro atoms. The van der Waals surface area contributed by atoms with Gasteiger partial charge in [0.2, 0.25) is 11.8 Å². The number of hydrogen-bond acceptors (Lipinski definition) is 5. The van der Waals surface area contributed by atoms with Gasteiger partial charge in [-0.05, 0) is 13.0 Å². The van der Waals surface area contributed by atoms with Gasteiger partial charge in [-0.15, -0.1) is 0 Å². The Morgan fingerprint density at radius 1 is 1.33 bits per heavy atom. The Labute approximate surface area is 113 Å². The van der Waals surface area contributed by atoms with Gasteiger partial charge in [-0.25, -0.2) is 10.8 Å². The Morgan fingerprint density at radius 2 is 2.11 bits per heavy atom. The van der Waals surface area contributed by atoms with Crippen LogP contribution >= 0.6 is 15.9 Å². The van der Waals surface area contributed by atoms with Gasteiger partial charge in [-0.2, -0.15) is 4.98 Å². The maximum Gasteiger partial charge on any atom is 0.240 e. The number of anilines is 1. The maximum absolute atomic E-state index is 5.62. The van der Waals surface area contributed by atoms with E-state index in [2.05, 4.69) is 31.3 Å². The van der Waals surface area contributed by atoms with E-state index in [-0.39, 0.29) is 0 Å². The molecule has 3 N–H and O–H groups in total. The van der Waals surface area contributed by atoms with Crippen LogP contribution in [0.25, 0.3) is 0 Å². The van der Waals surface area contributed by atoms with Crippen molar-refractivity contribution in [2.45, 2.75) is 13.5 Å². The fraction of sp³-hybridized carbons (Fsp3) is 0.167. The summed E-state index contributed by atoms with van der Waals surface area (Å²) in [6.45, 7) is 2.29. The monoisotopic (exact) mass is 308 g/mol. The molecular formula is C12H13BrN4O. The van der Waals surface area contributed by atoms with Crippen LogP contribution in [0.1, 0.15) is 11.3 Å². The molecule has 0 aliphatic heterocycles. The number of nitrogens with two attached hydrogens (primary N) is 1. The molecule has 18 heavy (non-hydrogen) atoms. The summed E-state index contributed by atoms with van der Waals surface area (Å²) < 4.78 is 6.63. The van der Waals surface area contributed by atoms with Crippen LogP contribution in [0, 0.1) is 6.92 Å². The lowest BCUT2D eigenvalue weighted by atomic mass is 10.2. The molecule has 0 bridgehead atoms. The van der Waals surface area contributed by atoms with Crippen LogP contribution in [0.15, 0.2) is 34.8 Å². The van der Waals surface area contributed by atoms with Gasteiger partial charge >= 0.3 is 0 Å². The highest BCUT2D eigenvalue weighted by Gasteiger charge is 2.04. The summed E-state index contributed by atoms with van der Waals surface area (Å²) in [6, 6.07) is 9.63. The first kappa shape index (κ1) is 12.8. The van der Waals surface area contributed by atoms with Crippen molar-refractivity contribution in [2.75, 3.05) is 5.43 Å². The zero-order valence-electron chi connectivity index (χ0n) is 9.85. The van der Waals surface area contributed by atoms with Crippen molar-refractivity contribution in [2.24, 2.45) is 5.84 Å². The van der Waals surface area contributed by atoms with Crippen molar-refractivity contribution in [3.63, 3.8) is 0 Å². The van der Waals surface area contributed by atoms with E-state index in [9.17, 15) is 0 Å². The van der Waals surface area contributed by atoms with Crippen LogP contribution in [0.2, 0.25) is 0 Å². The molecule has 1 aromatic heterocycles. The second-order valence-corrected chi connectivity index (χ2v) is 4.55.